The van der Waals surface area contributed by atoms with Gasteiger partial charge in [0.25, 0.3) is 0 Å². The van der Waals surface area contributed by atoms with Gasteiger partial charge in [0.2, 0.25) is 5.91 Å². The van der Waals surface area contributed by atoms with Crippen LogP contribution in [0.25, 0.3) is 6.08 Å². The minimum absolute atomic E-state index is 0.0147. The summed E-state index contributed by atoms with van der Waals surface area (Å²) in [4.78, 5) is 18.4. The van der Waals surface area contributed by atoms with E-state index in [0.29, 0.717) is 25.1 Å². The maximum Gasteiger partial charge on any atom is 0.246 e. The number of piperidine rings is 1. The van der Waals surface area contributed by atoms with Crippen molar-refractivity contribution in [3.8, 4) is 11.5 Å². The summed E-state index contributed by atoms with van der Waals surface area (Å²) in [5, 5.41) is 13.0. The molecule has 43 heavy (non-hydrogen) atoms. The monoisotopic (exact) mass is 582 g/mol. The van der Waals surface area contributed by atoms with Crippen molar-refractivity contribution < 1.29 is 23.8 Å². The van der Waals surface area contributed by atoms with Gasteiger partial charge in [-0.25, -0.2) is 0 Å². The molecule has 1 saturated carbocycles. The van der Waals surface area contributed by atoms with Crippen molar-refractivity contribution in [3.05, 3.63) is 89.4 Å². The number of aliphatic hydroxyl groups is 1. The summed E-state index contributed by atoms with van der Waals surface area (Å²) in [6.45, 7) is 6.67. The summed E-state index contributed by atoms with van der Waals surface area (Å²) < 4.78 is 18.0. The fourth-order valence-electron chi connectivity index (χ4n) is 8.67. The molecule has 7 rings (SSSR count). The number of benzene rings is 2. The van der Waals surface area contributed by atoms with Gasteiger partial charge in [-0.3, -0.25) is 9.69 Å². The Labute approximate surface area is 254 Å². The predicted octanol–water partition coefficient (Wildman–Crippen LogP) is 5.25. The smallest absolute Gasteiger partial charge is 0.246 e. The molecule has 3 heterocycles. The van der Waals surface area contributed by atoms with Gasteiger partial charge in [0.15, 0.2) is 11.5 Å². The standard InChI is InChI=1S/C36H42N2O5/c1-24(2)22-38(31(39)12-9-26-15-20-42-23-26)28-13-16-36(40)30-21-27-10-11-29(41-3)33-32(27)35(36,34(28)43-33)17-19-37(30)18-14-25-7-5-4-6-8-25/h4-12,15,20,23-24,28,30,34,40H,13-14,16-19,21-22H2,1-3H3/b12-9+/t28-,30-,34+,35+,36-/m1/s1. The van der Waals surface area contributed by atoms with E-state index in [1.807, 2.05) is 23.1 Å². The maximum absolute atomic E-state index is 13.9. The molecule has 2 aromatic carbocycles. The largest absolute Gasteiger partial charge is 0.493 e. The average molecular weight is 583 g/mol. The van der Waals surface area contributed by atoms with Crippen LogP contribution in [0.15, 0.2) is 71.6 Å². The normalized spacial score (nSPS) is 29.0. The highest BCUT2D eigenvalue weighted by Gasteiger charge is 2.73. The van der Waals surface area contributed by atoms with Crippen LogP contribution in [0.4, 0.5) is 0 Å². The molecule has 0 unspecified atom stereocenters. The zero-order valence-electron chi connectivity index (χ0n) is 25.4. The van der Waals surface area contributed by atoms with E-state index in [9.17, 15) is 9.90 Å². The van der Waals surface area contributed by atoms with E-state index in [1.54, 1.807) is 25.7 Å². The number of carbonyl (C=O) groups is 1. The molecule has 2 aliphatic carbocycles. The molecular weight excluding hydrogens is 540 g/mol. The van der Waals surface area contributed by atoms with Gasteiger partial charge in [0, 0.05) is 36.3 Å². The van der Waals surface area contributed by atoms with E-state index in [4.69, 9.17) is 13.9 Å². The molecule has 7 nitrogen and oxygen atoms in total. The predicted molar refractivity (Wildman–Crippen MR) is 165 cm³/mol. The average Bonchev–Trinajstić information content (AvgIpc) is 3.65. The summed E-state index contributed by atoms with van der Waals surface area (Å²) >= 11 is 0. The van der Waals surface area contributed by atoms with Crippen molar-refractivity contribution in [2.75, 3.05) is 26.7 Å². The lowest BCUT2D eigenvalue weighted by Gasteiger charge is -2.65. The van der Waals surface area contributed by atoms with Crippen LogP contribution in [-0.2, 0) is 23.1 Å². The van der Waals surface area contributed by atoms with Crippen molar-refractivity contribution >= 4 is 12.0 Å². The van der Waals surface area contributed by atoms with Gasteiger partial charge in [-0.1, -0.05) is 50.2 Å². The zero-order valence-corrected chi connectivity index (χ0v) is 25.4. The second kappa shape index (κ2) is 10.9. The Morgan fingerprint density at radius 3 is 2.77 bits per heavy atom. The van der Waals surface area contributed by atoms with Gasteiger partial charge in [0.05, 0.1) is 36.7 Å². The van der Waals surface area contributed by atoms with E-state index >= 15 is 0 Å². The third-order valence-electron chi connectivity index (χ3n) is 10.5. The summed E-state index contributed by atoms with van der Waals surface area (Å²) in [6, 6.07) is 16.4. The van der Waals surface area contributed by atoms with E-state index in [2.05, 4.69) is 55.1 Å². The Balaban J connectivity index is 1.27. The Kier molecular flexibility index (Phi) is 7.13. The highest BCUT2D eigenvalue weighted by molar-refractivity contribution is 5.92. The SMILES string of the molecule is COc1ccc2c3c1O[C@H]1[C@H](N(CC(C)C)C(=O)/C=C/c4ccoc4)CC[C@@]4(O)[C@@H](C2)N(CCc2ccccc2)CC[C@]314. The quantitative estimate of drug-likeness (QED) is 0.348. The second-order valence-electron chi connectivity index (χ2n) is 13.2. The van der Waals surface area contributed by atoms with Gasteiger partial charge in [-0.05, 0) is 73.9 Å². The van der Waals surface area contributed by atoms with Crippen LogP contribution in [0, 0.1) is 5.92 Å². The molecule has 1 spiro atoms. The number of nitrogens with zero attached hydrogens (tertiary/aromatic N) is 2. The number of hydrogen-bond acceptors (Lipinski definition) is 6. The molecule has 0 radical (unpaired) electrons. The first-order chi connectivity index (χ1) is 20.9. The maximum atomic E-state index is 13.9. The molecule has 1 saturated heterocycles. The van der Waals surface area contributed by atoms with Gasteiger partial charge in [-0.2, -0.15) is 0 Å². The first kappa shape index (κ1) is 28.2. The molecule has 1 amide bonds. The van der Waals surface area contributed by atoms with Crippen molar-refractivity contribution in [2.45, 2.75) is 75.2 Å². The number of hydrogen-bond donors (Lipinski definition) is 1. The van der Waals surface area contributed by atoms with Crippen LogP contribution >= 0.6 is 0 Å². The lowest BCUT2D eigenvalue weighted by molar-refractivity contribution is -0.201. The van der Waals surface area contributed by atoms with E-state index in [1.165, 1.54) is 11.1 Å². The molecule has 2 bridgehead atoms. The van der Waals surface area contributed by atoms with Gasteiger partial charge >= 0.3 is 0 Å². The van der Waals surface area contributed by atoms with Crippen molar-refractivity contribution in [3.63, 3.8) is 0 Å². The highest BCUT2D eigenvalue weighted by atomic mass is 16.5. The fourth-order valence-corrected chi connectivity index (χ4v) is 8.67. The molecule has 226 valence electrons. The molecule has 1 aromatic heterocycles. The lowest BCUT2D eigenvalue weighted by atomic mass is 9.48. The molecule has 5 atom stereocenters. The number of likely N-dealkylation sites (tertiary alicyclic amines) is 1. The second-order valence-corrected chi connectivity index (χ2v) is 13.2. The Hall–Kier alpha value is -3.55. The number of methoxy groups -OCH3 is 1. The zero-order chi connectivity index (χ0) is 29.8. The Morgan fingerprint density at radius 1 is 1.19 bits per heavy atom. The fraction of sp³-hybridized carbons (Fsp3) is 0.472. The first-order valence-electron chi connectivity index (χ1n) is 15.7. The third kappa shape index (κ3) is 4.42. The minimum atomic E-state index is -0.965. The molecule has 2 fully saturated rings. The summed E-state index contributed by atoms with van der Waals surface area (Å²) in [6.07, 6.45) is 10.1. The third-order valence-corrected chi connectivity index (χ3v) is 10.5. The van der Waals surface area contributed by atoms with Gasteiger partial charge < -0.3 is 23.9 Å². The van der Waals surface area contributed by atoms with Crippen LogP contribution in [-0.4, -0.2) is 71.3 Å². The Bertz CT molecular complexity index is 1500. The molecule has 1 N–H and O–H groups in total. The number of ether oxygens (including phenoxy) is 2. The Morgan fingerprint density at radius 2 is 2.02 bits per heavy atom. The summed E-state index contributed by atoms with van der Waals surface area (Å²) in [5.74, 6) is 1.70. The number of furan rings is 1. The number of carbonyl (C=O) groups excluding carboxylic acids is 1. The summed E-state index contributed by atoms with van der Waals surface area (Å²) in [5.41, 5.74) is 2.95. The van der Waals surface area contributed by atoms with Gasteiger partial charge in [-0.15, -0.1) is 0 Å². The molecular formula is C36H42N2O5. The van der Waals surface area contributed by atoms with Crippen LogP contribution in [0.5, 0.6) is 11.5 Å². The van der Waals surface area contributed by atoms with Crippen molar-refractivity contribution in [1.29, 1.82) is 0 Å². The highest BCUT2D eigenvalue weighted by Crippen LogP contribution is 2.66. The molecule has 3 aromatic rings. The van der Waals surface area contributed by atoms with Crippen molar-refractivity contribution in [1.82, 2.24) is 9.80 Å². The minimum Gasteiger partial charge on any atom is -0.493 e. The van der Waals surface area contributed by atoms with Crippen LogP contribution in [0.2, 0.25) is 0 Å². The van der Waals surface area contributed by atoms with E-state index in [0.717, 1.165) is 49.2 Å². The van der Waals surface area contributed by atoms with Crippen LogP contribution < -0.4 is 9.47 Å². The first-order valence-corrected chi connectivity index (χ1v) is 15.7. The summed E-state index contributed by atoms with van der Waals surface area (Å²) in [7, 11) is 1.68. The molecule has 2 aliphatic heterocycles. The molecule has 7 heteroatoms. The number of rotatable bonds is 9. The van der Waals surface area contributed by atoms with E-state index < -0.39 is 11.0 Å². The molecule has 4 aliphatic rings. The lowest BCUT2D eigenvalue weighted by Crippen LogP contribution is -2.78. The van der Waals surface area contributed by atoms with Crippen LogP contribution in [0.3, 0.4) is 0 Å². The van der Waals surface area contributed by atoms with Crippen LogP contribution in [0.1, 0.15) is 55.4 Å². The topological polar surface area (TPSA) is 75.4 Å². The van der Waals surface area contributed by atoms with Crippen molar-refractivity contribution in [2.24, 2.45) is 5.92 Å². The van der Waals surface area contributed by atoms with Gasteiger partial charge in [0.1, 0.15) is 6.10 Å². The van der Waals surface area contributed by atoms with E-state index in [-0.39, 0.29) is 30.0 Å². The number of amides is 1.